The van der Waals surface area contributed by atoms with Crippen LogP contribution in [0.25, 0.3) is 5.76 Å². The number of rotatable bonds is 7. The largest absolute Gasteiger partial charge is 0.507 e. The van der Waals surface area contributed by atoms with E-state index in [0.717, 1.165) is 11.3 Å². The van der Waals surface area contributed by atoms with Crippen molar-refractivity contribution in [3.05, 3.63) is 82.1 Å². The number of aliphatic hydroxyl groups excluding tert-OH is 1. The maximum absolute atomic E-state index is 13.2. The number of benzene rings is 2. The SMILES string of the molecule is CCCOc1cccc(/C(O)=C2/C(=O)C(=O)N(c3cccc(OC)c3)C2c2cccs2)c1. The zero-order valence-electron chi connectivity index (χ0n) is 17.8. The van der Waals surface area contributed by atoms with Crippen LogP contribution in [0.15, 0.2) is 71.6 Å². The standard InChI is InChI=1S/C25H23NO5S/c1-3-12-31-19-10-4-7-16(14-19)23(27)21-22(20-11-6-13-32-20)26(25(29)24(21)28)17-8-5-9-18(15-17)30-2/h4-11,13-15,22,27H,3,12H2,1-2H3/b23-21-. The number of carbonyl (C=O) groups excluding carboxylic acids is 2. The van der Waals surface area contributed by atoms with Crippen molar-refractivity contribution in [3.8, 4) is 11.5 Å². The Kier molecular flexibility index (Phi) is 6.28. The molecule has 1 fully saturated rings. The highest BCUT2D eigenvalue weighted by atomic mass is 32.1. The summed E-state index contributed by atoms with van der Waals surface area (Å²) in [6, 6.07) is 16.8. The molecular weight excluding hydrogens is 426 g/mol. The molecule has 0 bridgehead atoms. The van der Waals surface area contributed by atoms with Crippen LogP contribution in [-0.4, -0.2) is 30.5 Å². The Hall–Kier alpha value is -3.58. The number of anilines is 1. The van der Waals surface area contributed by atoms with Gasteiger partial charge in [0.25, 0.3) is 11.7 Å². The van der Waals surface area contributed by atoms with Crippen molar-refractivity contribution in [3.63, 3.8) is 0 Å². The molecule has 0 spiro atoms. The molecule has 3 aromatic rings. The van der Waals surface area contributed by atoms with E-state index in [1.807, 2.05) is 24.4 Å². The van der Waals surface area contributed by atoms with E-state index in [1.165, 1.54) is 23.3 Å². The normalized spacial score (nSPS) is 17.6. The minimum Gasteiger partial charge on any atom is -0.507 e. The fraction of sp³-hybridized carbons (Fsp3) is 0.200. The van der Waals surface area contributed by atoms with Crippen LogP contribution >= 0.6 is 11.3 Å². The van der Waals surface area contributed by atoms with Crippen molar-refractivity contribution < 1.29 is 24.2 Å². The van der Waals surface area contributed by atoms with E-state index in [9.17, 15) is 14.7 Å². The van der Waals surface area contributed by atoms with E-state index in [2.05, 4.69) is 0 Å². The molecular formula is C25H23NO5S. The van der Waals surface area contributed by atoms with Gasteiger partial charge in [-0.05, 0) is 42.1 Å². The molecule has 1 N–H and O–H groups in total. The Bertz CT molecular complexity index is 1170. The molecule has 7 heteroatoms. The summed E-state index contributed by atoms with van der Waals surface area (Å²) in [6.07, 6.45) is 0.847. The third-order valence-corrected chi connectivity index (χ3v) is 6.09. The first kappa shape index (κ1) is 21.6. The summed E-state index contributed by atoms with van der Waals surface area (Å²) in [5.74, 6) is -0.505. The van der Waals surface area contributed by atoms with Crippen LogP contribution < -0.4 is 14.4 Å². The van der Waals surface area contributed by atoms with Crippen molar-refractivity contribution in [1.82, 2.24) is 0 Å². The number of nitrogens with zero attached hydrogens (tertiary/aromatic N) is 1. The summed E-state index contributed by atoms with van der Waals surface area (Å²) >= 11 is 1.42. The molecule has 2 heterocycles. The highest BCUT2D eigenvalue weighted by Crippen LogP contribution is 2.44. The van der Waals surface area contributed by atoms with Crippen molar-refractivity contribution in [2.24, 2.45) is 0 Å². The number of hydrogen-bond acceptors (Lipinski definition) is 6. The second-order valence-corrected chi connectivity index (χ2v) is 8.24. The lowest BCUT2D eigenvalue weighted by atomic mass is 9.99. The van der Waals surface area contributed by atoms with Crippen LogP contribution in [0.1, 0.15) is 29.8 Å². The Morgan fingerprint density at radius 1 is 1.06 bits per heavy atom. The van der Waals surface area contributed by atoms with Crippen LogP contribution in [0, 0.1) is 0 Å². The molecule has 164 valence electrons. The molecule has 1 amide bonds. The van der Waals surface area contributed by atoms with E-state index >= 15 is 0 Å². The maximum atomic E-state index is 13.2. The second-order valence-electron chi connectivity index (χ2n) is 7.26. The van der Waals surface area contributed by atoms with Gasteiger partial charge in [-0.15, -0.1) is 11.3 Å². The minimum absolute atomic E-state index is 0.0490. The maximum Gasteiger partial charge on any atom is 0.300 e. The number of Topliss-reactive ketones (excluding diaryl/α,β-unsaturated/α-hetero) is 1. The van der Waals surface area contributed by atoms with E-state index in [0.29, 0.717) is 29.4 Å². The van der Waals surface area contributed by atoms with Gasteiger partial charge >= 0.3 is 0 Å². The van der Waals surface area contributed by atoms with Gasteiger partial charge in [0.2, 0.25) is 0 Å². The third-order valence-electron chi connectivity index (χ3n) is 5.17. The number of ether oxygens (including phenoxy) is 2. The third kappa shape index (κ3) is 3.99. The lowest BCUT2D eigenvalue weighted by molar-refractivity contribution is -0.132. The van der Waals surface area contributed by atoms with Crippen molar-refractivity contribution in [2.45, 2.75) is 19.4 Å². The molecule has 1 aliphatic rings. The zero-order valence-corrected chi connectivity index (χ0v) is 18.6. The Morgan fingerprint density at radius 2 is 1.84 bits per heavy atom. The lowest BCUT2D eigenvalue weighted by Gasteiger charge is -2.24. The molecule has 0 radical (unpaired) electrons. The summed E-state index contributed by atoms with van der Waals surface area (Å²) in [5.41, 5.74) is 0.987. The average molecular weight is 450 g/mol. The predicted octanol–water partition coefficient (Wildman–Crippen LogP) is 5.17. The van der Waals surface area contributed by atoms with Crippen LogP contribution in [0.2, 0.25) is 0 Å². The Morgan fingerprint density at radius 3 is 2.56 bits per heavy atom. The van der Waals surface area contributed by atoms with E-state index < -0.39 is 17.7 Å². The smallest absolute Gasteiger partial charge is 0.300 e. The summed E-state index contributed by atoms with van der Waals surface area (Å²) < 4.78 is 11.0. The van der Waals surface area contributed by atoms with Crippen LogP contribution in [0.4, 0.5) is 5.69 Å². The van der Waals surface area contributed by atoms with Crippen molar-refractivity contribution in [2.75, 3.05) is 18.6 Å². The number of amides is 1. The van der Waals surface area contributed by atoms with Gasteiger partial charge in [0, 0.05) is 22.2 Å². The molecule has 1 aromatic heterocycles. The van der Waals surface area contributed by atoms with E-state index in [4.69, 9.17) is 9.47 Å². The molecule has 2 aromatic carbocycles. The molecule has 1 unspecified atom stereocenters. The molecule has 1 saturated heterocycles. The van der Waals surface area contributed by atoms with Gasteiger partial charge in [-0.2, -0.15) is 0 Å². The monoisotopic (exact) mass is 449 g/mol. The summed E-state index contributed by atoms with van der Waals surface area (Å²) in [7, 11) is 1.54. The second kappa shape index (κ2) is 9.28. The van der Waals surface area contributed by atoms with Gasteiger partial charge in [0.05, 0.1) is 19.3 Å². The first-order valence-corrected chi connectivity index (χ1v) is 11.1. The summed E-state index contributed by atoms with van der Waals surface area (Å²) in [6.45, 7) is 2.55. The Labute approximate surface area is 190 Å². The van der Waals surface area contributed by atoms with Crippen LogP contribution in [0.5, 0.6) is 11.5 Å². The quantitative estimate of drug-likeness (QED) is 0.306. The van der Waals surface area contributed by atoms with E-state index in [-0.39, 0.29) is 11.3 Å². The van der Waals surface area contributed by atoms with Gasteiger partial charge in [0.1, 0.15) is 23.3 Å². The predicted molar refractivity (Wildman–Crippen MR) is 124 cm³/mol. The number of methoxy groups -OCH3 is 1. The topological polar surface area (TPSA) is 76.1 Å². The van der Waals surface area contributed by atoms with Gasteiger partial charge in [-0.1, -0.05) is 31.2 Å². The summed E-state index contributed by atoms with van der Waals surface area (Å²) in [5, 5.41) is 13.1. The number of ketones is 1. The number of thiophene rings is 1. The molecule has 6 nitrogen and oxygen atoms in total. The molecule has 4 rings (SSSR count). The minimum atomic E-state index is -0.748. The highest BCUT2D eigenvalue weighted by Gasteiger charge is 2.47. The number of carbonyl (C=O) groups is 2. The average Bonchev–Trinajstić information content (AvgIpc) is 3.44. The molecule has 1 atom stereocenters. The first-order chi connectivity index (χ1) is 15.5. The van der Waals surface area contributed by atoms with Crippen molar-refractivity contribution >= 4 is 34.5 Å². The van der Waals surface area contributed by atoms with Gasteiger partial charge in [-0.25, -0.2) is 0 Å². The fourth-order valence-electron chi connectivity index (χ4n) is 3.68. The molecule has 1 aliphatic heterocycles. The molecule has 0 aliphatic carbocycles. The van der Waals surface area contributed by atoms with Gasteiger partial charge in [0.15, 0.2) is 0 Å². The molecule has 32 heavy (non-hydrogen) atoms. The Balaban J connectivity index is 1.85. The number of hydrogen-bond donors (Lipinski definition) is 1. The first-order valence-electron chi connectivity index (χ1n) is 10.3. The zero-order chi connectivity index (χ0) is 22.7. The van der Waals surface area contributed by atoms with Crippen molar-refractivity contribution in [1.29, 1.82) is 0 Å². The fourth-order valence-corrected chi connectivity index (χ4v) is 4.51. The highest BCUT2D eigenvalue weighted by molar-refractivity contribution is 7.10. The summed E-state index contributed by atoms with van der Waals surface area (Å²) in [4.78, 5) is 28.5. The lowest BCUT2D eigenvalue weighted by Crippen LogP contribution is -2.29. The van der Waals surface area contributed by atoms with Gasteiger partial charge in [-0.3, -0.25) is 14.5 Å². The van der Waals surface area contributed by atoms with Crippen LogP contribution in [0.3, 0.4) is 0 Å². The van der Waals surface area contributed by atoms with Gasteiger partial charge < -0.3 is 14.6 Å². The van der Waals surface area contributed by atoms with Crippen LogP contribution in [-0.2, 0) is 9.59 Å². The van der Waals surface area contributed by atoms with E-state index in [1.54, 1.807) is 48.5 Å². The molecule has 0 saturated carbocycles. The number of aliphatic hydroxyl groups is 1.